The minimum Gasteiger partial charge on any atom is -0.394 e. The first-order chi connectivity index (χ1) is 12.5. The second kappa shape index (κ2) is 6.54. The summed E-state index contributed by atoms with van der Waals surface area (Å²) in [5, 5.41) is 12.6. The third-order valence-electron chi connectivity index (χ3n) is 5.45. The first-order valence-electron chi connectivity index (χ1n) is 9.57. The Labute approximate surface area is 155 Å². The third kappa shape index (κ3) is 3.40. The van der Waals surface area contributed by atoms with Gasteiger partial charge in [-0.05, 0) is 51.2 Å². The van der Waals surface area contributed by atoms with Gasteiger partial charge in [-0.15, -0.1) is 0 Å². The van der Waals surface area contributed by atoms with Gasteiger partial charge in [0.1, 0.15) is 5.82 Å². The first kappa shape index (κ1) is 17.3. The Bertz CT molecular complexity index is 800. The van der Waals surface area contributed by atoms with Crippen LogP contribution in [0.15, 0.2) is 30.3 Å². The smallest absolute Gasteiger partial charge is 0.225 e. The van der Waals surface area contributed by atoms with Crippen LogP contribution in [-0.2, 0) is 13.0 Å². The quantitative estimate of drug-likeness (QED) is 0.862. The fourth-order valence-corrected chi connectivity index (χ4v) is 3.73. The van der Waals surface area contributed by atoms with E-state index >= 15 is 0 Å². The van der Waals surface area contributed by atoms with Crippen LogP contribution in [0.3, 0.4) is 0 Å². The molecule has 138 valence electrons. The van der Waals surface area contributed by atoms with E-state index in [4.69, 9.17) is 9.97 Å². The van der Waals surface area contributed by atoms with E-state index in [0.717, 1.165) is 24.5 Å². The SMILES string of the molecule is C[C@H](CO)Nc1nc(C2CC2)cc(N2Cc3ccccc3CC2(C)C)n1. The van der Waals surface area contributed by atoms with E-state index in [1.807, 2.05) is 6.92 Å². The van der Waals surface area contributed by atoms with Crippen molar-refractivity contribution in [2.45, 2.75) is 64.1 Å². The molecule has 1 saturated carbocycles. The zero-order chi connectivity index (χ0) is 18.3. The maximum atomic E-state index is 9.37. The molecule has 0 saturated heterocycles. The zero-order valence-corrected chi connectivity index (χ0v) is 15.9. The van der Waals surface area contributed by atoms with E-state index < -0.39 is 0 Å². The highest BCUT2D eigenvalue weighted by atomic mass is 16.3. The van der Waals surface area contributed by atoms with Gasteiger partial charge in [0, 0.05) is 30.1 Å². The fraction of sp³-hybridized carbons (Fsp3) is 0.524. The van der Waals surface area contributed by atoms with Crippen molar-refractivity contribution in [1.29, 1.82) is 0 Å². The minimum absolute atomic E-state index is 0.0105. The molecule has 1 aliphatic heterocycles. The largest absolute Gasteiger partial charge is 0.394 e. The fourth-order valence-electron chi connectivity index (χ4n) is 3.73. The van der Waals surface area contributed by atoms with Gasteiger partial charge in [0.25, 0.3) is 0 Å². The monoisotopic (exact) mass is 352 g/mol. The van der Waals surface area contributed by atoms with E-state index in [2.05, 4.69) is 54.4 Å². The third-order valence-corrected chi connectivity index (χ3v) is 5.45. The highest BCUT2D eigenvalue weighted by Gasteiger charge is 2.35. The molecule has 0 unspecified atom stereocenters. The molecule has 1 atom stereocenters. The lowest BCUT2D eigenvalue weighted by Gasteiger charge is -2.44. The number of hydrogen-bond donors (Lipinski definition) is 2. The van der Waals surface area contributed by atoms with Crippen molar-refractivity contribution in [3.05, 3.63) is 47.2 Å². The summed E-state index contributed by atoms with van der Waals surface area (Å²) >= 11 is 0. The summed E-state index contributed by atoms with van der Waals surface area (Å²) in [6.45, 7) is 7.43. The van der Waals surface area contributed by atoms with Crippen molar-refractivity contribution in [1.82, 2.24) is 9.97 Å². The molecular formula is C21H28N4O. The first-order valence-corrected chi connectivity index (χ1v) is 9.57. The molecule has 0 radical (unpaired) electrons. The Morgan fingerprint density at radius 3 is 2.65 bits per heavy atom. The number of rotatable bonds is 5. The second-order valence-electron chi connectivity index (χ2n) is 8.32. The van der Waals surface area contributed by atoms with Gasteiger partial charge in [-0.25, -0.2) is 4.98 Å². The number of benzene rings is 1. The van der Waals surface area contributed by atoms with Crippen LogP contribution < -0.4 is 10.2 Å². The molecule has 2 heterocycles. The molecule has 0 bridgehead atoms. The molecule has 26 heavy (non-hydrogen) atoms. The summed E-state index contributed by atoms with van der Waals surface area (Å²) in [6, 6.07) is 10.8. The van der Waals surface area contributed by atoms with Crippen LogP contribution in [0.2, 0.25) is 0 Å². The van der Waals surface area contributed by atoms with Crippen molar-refractivity contribution in [3.8, 4) is 0 Å². The van der Waals surface area contributed by atoms with E-state index in [1.54, 1.807) is 0 Å². The molecule has 2 aromatic rings. The number of aliphatic hydroxyl groups excluding tert-OH is 1. The van der Waals surface area contributed by atoms with Gasteiger partial charge in [-0.1, -0.05) is 24.3 Å². The van der Waals surface area contributed by atoms with Gasteiger partial charge in [0.2, 0.25) is 5.95 Å². The van der Waals surface area contributed by atoms with Crippen LogP contribution in [0, 0.1) is 0 Å². The van der Waals surface area contributed by atoms with Crippen LogP contribution >= 0.6 is 0 Å². The number of anilines is 2. The van der Waals surface area contributed by atoms with Gasteiger partial charge in [0.05, 0.1) is 12.3 Å². The summed E-state index contributed by atoms with van der Waals surface area (Å²) in [7, 11) is 0. The normalized spacial score (nSPS) is 19.8. The van der Waals surface area contributed by atoms with Gasteiger partial charge in [-0.2, -0.15) is 4.98 Å². The van der Waals surface area contributed by atoms with Gasteiger partial charge < -0.3 is 15.3 Å². The molecule has 0 spiro atoms. The lowest BCUT2D eigenvalue weighted by molar-refractivity contribution is 0.281. The van der Waals surface area contributed by atoms with Gasteiger partial charge in [-0.3, -0.25) is 0 Å². The number of nitrogens with zero attached hydrogens (tertiary/aromatic N) is 3. The number of fused-ring (bicyclic) bond motifs is 1. The molecule has 4 rings (SSSR count). The molecule has 2 N–H and O–H groups in total. The molecule has 1 aromatic heterocycles. The summed E-state index contributed by atoms with van der Waals surface area (Å²) in [5.74, 6) is 2.16. The number of nitrogens with one attached hydrogen (secondary N) is 1. The standard InChI is InChI=1S/C21H28N4O/c1-14(13-26)22-20-23-18(15-8-9-15)10-19(24-20)25-12-17-7-5-4-6-16(17)11-21(25,2)3/h4-7,10,14-15,26H,8-9,11-13H2,1-3H3,(H,22,23,24)/t14-/m1/s1. The zero-order valence-electron chi connectivity index (χ0n) is 15.9. The Hall–Kier alpha value is -2.14. The molecule has 5 heteroatoms. The summed E-state index contributed by atoms with van der Waals surface area (Å²) in [4.78, 5) is 11.9. The molecule has 1 fully saturated rings. The molecule has 5 nitrogen and oxygen atoms in total. The Morgan fingerprint density at radius 1 is 1.23 bits per heavy atom. The lowest BCUT2D eigenvalue weighted by Crippen LogP contribution is -2.49. The molecule has 1 aliphatic carbocycles. The van der Waals surface area contributed by atoms with Crippen LogP contribution in [0.5, 0.6) is 0 Å². The van der Waals surface area contributed by atoms with Crippen LogP contribution in [0.25, 0.3) is 0 Å². The van der Waals surface area contributed by atoms with Gasteiger partial charge in [0.15, 0.2) is 0 Å². The maximum absolute atomic E-state index is 9.37. The highest BCUT2D eigenvalue weighted by Crippen LogP contribution is 2.41. The Kier molecular flexibility index (Phi) is 4.35. The Morgan fingerprint density at radius 2 is 1.96 bits per heavy atom. The van der Waals surface area contributed by atoms with Gasteiger partial charge >= 0.3 is 0 Å². The second-order valence-corrected chi connectivity index (χ2v) is 8.32. The number of aliphatic hydroxyl groups is 1. The van der Waals surface area contributed by atoms with E-state index in [-0.39, 0.29) is 18.2 Å². The molecule has 2 aliphatic rings. The van der Waals surface area contributed by atoms with Crippen molar-refractivity contribution in [3.63, 3.8) is 0 Å². The maximum Gasteiger partial charge on any atom is 0.225 e. The van der Waals surface area contributed by atoms with Crippen molar-refractivity contribution in [2.75, 3.05) is 16.8 Å². The predicted octanol–water partition coefficient (Wildman–Crippen LogP) is 3.49. The molecule has 1 aromatic carbocycles. The van der Waals surface area contributed by atoms with Crippen LogP contribution in [-0.4, -0.2) is 33.3 Å². The topological polar surface area (TPSA) is 61.3 Å². The summed E-state index contributed by atoms with van der Waals surface area (Å²) in [5.41, 5.74) is 3.91. The number of hydrogen-bond acceptors (Lipinski definition) is 5. The predicted molar refractivity (Wildman–Crippen MR) is 105 cm³/mol. The molecule has 0 amide bonds. The average Bonchev–Trinajstić information content (AvgIpc) is 3.45. The average molecular weight is 352 g/mol. The lowest BCUT2D eigenvalue weighted by atomic mass is 9.85. The summed E-state index contributed by atoms with van der Waals surface area (Å²) < 4.78 is 0. The molecular weight excluding hydrogens is 324 g/mol. The Balaban J connectivity index is 1.71. The van der Waals surface area contributed by atoms with E-state index in [1.165, 1.54) is 24.0 Å². The number of aromatic nitrogens is 2. The van der Waals surface area contributed by atoms with Crippen molar-refractivity contribution < 1.29 is 5.11 Å². The summed E-state index contributed by atoms with van der Waals surface area (Å²) in [6.07, 6.45) is 3.41. The van der Waals surface area contributed by atoms with Crippen molar-refractivity contribution >= 4 is 11.8 Å². The van der Waals surface area contributed by atoms with E-state index in [0.29, 0.717) is 11.9 Å². The highest BCUT2D eigenvalue weighted by molar-refractivity contribution is 5.52. The van der Waals surface area contributed by atoms with Crippen LogP contribution in [0.1, 0.15) is 56.4 Å². The van der Waals surface area contributed by atoms with Crippen molar-refractivity contribution in [2.24, 2.45) is 0 Å². The van der Waals surface area contributed by atoms with Crippen LogP contribution in [0.4, 0.5) is 11.8 Å². The van der Waals surface area contributed by atoms with E-state index in [9.17, 15) is 5.11 Å². The minimum atomic E-state index is -0.0626.